The van der Waals surface area contributed by atoms with Crippen LogP contribution >= 0.6 is 24.0 Å². The van der Waals surface area contributed by atoms with Gasteiger partial charge in [-0.1, -0.05) is 39.0 Å². The summed E-state index contributed by atoms with van der Waals surface area (Å²) in [5.74, 6) is 1.45. The first-order valence-corrected chi connectivity index (χ1v) is 6.74. The van der Waals surface area contributed by atoms with Gasteiger partial charge in [0.25, 0.3) is 0 Å². The van der Waals surface area contributed by atoms with Gasteiger partial charge in [-0.2, -0.15) is 0 Å². The lowest BCUT2D eigenvalue weighted by Crippen LogP contribution is -2.38. The second-order valence-corrected chi connectivity index (χ2v) is 6.13. The summed E-state index contributed by atoms with van der Waals surface area (Å²) >= 11 is 0. The third-order valence-corrected chi connectivity index (χ3v) is 3.00. The Kier molecular flexibility index (Phi) is 6.10. The topological polar surface area (TPSA) is 59.6 Å². The van der Waals surface area contributed by atoms with Gasteiger partial charge in [0.1, 0.15) is 5.75 Å². The second-order valence-electron chi connectivity index (χ2n) is 6.13. The van der Waals surface area contributed by atoms with Crippen molar-refractivity contribution in [2.24, 2.45) is 16.1 Å². The molecule has 1 aliphatic heterocycles. The summed E-state index contributed by atoms with van der Waals surface area (Å²) < 4.78 is 5.63. The molecule has 0 bridgehead atoms. The Labute approximate surface area is 138 Å². The lowest BCUT2D eigenvalue weighted by molar-refractivity contribution is 0.262. The minimum Gasteiger partial charge on any atom is -0.493 e. The summed E-state index contributed by atoms with van der Waals surface area (Å²) in [6, 6.07) is 8.26. The van der Waals surface area contributed by atoms with Crippen molar-refractivity contribution < 1.29 is 4.74 Å². The molecule has 3 N–H and O–H groups in total. The summed E-state index contributed by atoms with van der Waals surface area (Å²) in [5, 5.41) is 3.30. The largest absolute Gasteiger partial charge is 0.493 e. The molecule has 1 aromatic carbocycles. The van der Waals surface area contributed by atoms with Crippen LogP contribution in [0.5, 0.6) is 5.75 Å². The summed E-state index contributed by atoms with van der Waals surface area (Å²) in [7, 11) is 0. The normalized spacial score (nSPS) is 18.6. The zero-order valence-corrected chi connectivity index (χ0v) is 14.7. The van der Waals surface area contributed by atoms with Crippen molar-refractivity contribution in [2.45, 2.75) is 33.2 Å². The highest BCUT2D eigenvalue weighted by Crippen LogP contribution is 2.31. The number of guanidine groups is 1. The van der Waals surface area contributed by atoms with E-state index in [4.69, 9.17) is 10.5 Å². The quantitative estimate of drug-likeness (QED) is 0.464. The van der Waals surface area contributed by atoms with Crippen LogP contribution in [0.4, 0.5) is 0 Å². The van der Waals surface area contributed by atoms with Crippen molar-refractivity contribution in [3.05, 3.63) is 29.8 Å². The van der Waals surface area contributed by atoms with Crippen LogP contribution < -0.4 is 15.8 Å². The first-order valence-electron chi connectivity index (χ1n) is 6.74. The van der Waals surface area contributed by atoms with Crippen molar-refractivity contribution in [1.82, 2.24) is 5.32 Å². The maximum atomic E-state index is 5.97. The summed E-state index contributed by atoms with van der Waals surface area (Å²) in [6.45, 7) is 7.87. The molecule has 0 radical (unpaired) electrons. The summed E-state index contributed by atoms with van der Waals surface area (Å²) in [6.07, 6.45) is 0.906. The standard InChI is InChI=1S/C15H23N3O.HI/c1-15(2,3)10-17-14(16)18-12-8-9-19-13-7-5-4-6-11(12)13;/h4-7,12H,8-10H2,1-3H3,(H3,16,17,18);1H. The Bertz CT molecular complexity index is 468. The summed E-state index contributed by atoms with van der Waals surface area (Å²) in [5.41, 5.74) is 7.27. The van der Waals surface area contributed by atoms with E-state index < -0.39 is 0 Å². The highest BCUT2D eigenvalue weighted by Gasteiger charge is 2.21. The van der Waals surface area contributed by atoms with E-state index in [1.807, 2.05) is 18.2 Å². The smallest absolute Gasteiger partial charge is 0.189 e. The third-order valence-electron chi connectivity index (χ3n) is 3.00. The van der Waals surface area contributed by atoms with Crippen molar-refractivity contribution in [3.8, 4) is 5.75 Å². The molecule has 0 saturated heterocycles. The molecule has 2 rings (SSSR count). The number of nitrogens with zero attached hydrogens (tertiary/aromatic N) is 1. The fourth-order valence-electron chi connectivity index (χ4n) is 2.04. The molecule has 0 aromatic heterocycles. The number of para-hydroxylation sites is 1. The van der Waals surface area contributed by atoms with Crippen LogP contribution in [0.25, 0.3) is 0 Å². The number of nitrogens with one attached hydrogen (secondary N) is 1. The van der Waals surface area contributed by atoms with E-state index in [-0.39, 0.29) is 35.4 Å². The number of hydrogen-bond donors (Lipinski definition) is 2. The number of hydrogen-bond acceptors (Lipinski definition) is 2. The molecule has 0 aliphatic carbocycles. The average molecular weight is 389 g/mol. The highest BCUT2D eigenvalue weighted by atomic mass is 127. The van der Waals surface area contributed by atoms with Crippen LogP contribution in [0.15, 0.2) is 29.3 Å². The van der Waals surface area contributed by atoms with Crippen molar-refractivity contribution >= 4 is 29.9 Å². The molecule has 1 heterocycles. The van der Waals surface area contributed by atoms with E-state index in [1.165, 1.54) is 0 Å². The first kappa shape index (κ1) is 17.1. The van der Waals surface area contributed by atoms with Gasteiger partial charge in [0.15, 0.2) is 5.96 Å². The Morgan fingerprint density at radius 2 is 2.10 bits per heavy atom. The van der Waals surface area contributed by atoms with Gasteiger partial charge < -0.3 is 15.8 Å². The van der Waals surface area contributed by atoms with Crippen LogP contribution in [0.1, 0.15) is 38.8 Å². The Balaban J connectivity index is 0.00000200. The highest BCUT2D eigenvalue weighted by molar-refractivity contribution is 14.0. The number of aliphatic imine (C=N–C) groups is 1. The lowest BCUT2D eigenvalue weighted by Gasteiger charge is -2.27. The molecular formula is C15H24IN3O. The van der Waals surface area contributed by atoms with E-state index in [1.54, 1.807) is 0 Å². The monoisotopic (exact) mass is 389 g/mol. The predicted molar refractivity (Wildman–Crippen MR) is 93.8 cm³/mol. The molecule has 20 heavy (non-hydrogen) atoms. The van der Waals surface area contributed by atoms with Gasteiger partial charge in [-0.25, -0.2) is 0 Å². The average Bonchev–Trinajstić information content (AvgIpc) is 2.36. The predicted octanol–water partition coefficient (Wildman–Crippen LogP) is 3.08. The number of ether oxygens (including phenoxy) is 1. The fourth-order valence-corrected chi connectivity index (χ4v) is 2.04. The van der Waals surface area contributed by atoms with Crippen molar-refractivity contribution in [3.63, 3.8) is 0 Å². The molecule has 4 nitrogen and oxygen atoms in total. The van der Waals surface area contributed by atoms with E-state index in [0.29, 0.717) is 12.6 Å². The SMILES string of the molecule is CC(C)(C)CN=C(N)NC1CCOc2ccccc21.I. The van der Waals surface area contributed by atoms with Gasteiger partial charge in [0.2, 0.25) is 0 Å². The van der Waals surface area contributed by atoms with Gasteiger partial charge in [-0.15, -0.1) is 24.0 Å². The third kappa shape index (κ3) is 4.85. The number of rotatable bonds is 2. The molecule has 0 saturated carbocycles. The van der Waals surface area contributed by atoms with Crippen LogP contribution in [0.3, 0.4) is 0 Å². The molecule has 112 valence electrons. The van der Waals surface area contributed by atoms with Crippen LogP contribution in [0.2, 0.25) is 0 Å². The van der Waals surface area contributed by atoms with Gasteiger partial charge >= 0.3 is 0 Å². The summed E-state index contributed by atoms with van der Waals surface area (Å²) in [4.78, 5) is 4.40. The number of nitrogens with two attached hydrogens (primary N) is 1. The number of halogens is 1. The second kappa shape index (κ2) is 7.15. The Hall–Kier alpha value is -0.980. The fraction of sp³-hybridized carbons (Fsp3) is 0.533. The van der Waals surface area contributed by atoms with Gasteiger partial charge in [0.05, 0.1) is 12.6 Å². The molecular weight excluding hydrogens is 365 g/mol. The van der Waals surface area contributed by atoms with Gasteiger partial charge in [-0.05, 0) is 11.5 Å². The molecule has 5 heteroatoms. The zero-order chi connectivity index (χ0) is 13.9. The minimum atomic E-state index is 0. The molecule has 1 aliphatic rings. The first-order chi connectivity index (χ1) is 8.96. The minimum absolute atomic E-state index is 0. The molecule has 0 spiro atoms. The van der Waals surface area contributed by atoms with E-state index in [9.17, 15) is 0 Å². The van der Waals surface area contributed by atoms with Crippen LogP contribution in [-0.2, 0) is 0 Å². The molecule has 1 aromatic rings. The lowest BCUT2D eigenvalue weighted by atomic mass is 9.97. The molecule has 1 unspecified atom stereocenters. The molecule has 1 atom stereocenters. The maximum Gasteiger partial charge on any atom is 0.189 e. The Morgan fingerprint density at radius 3 is 2.80 bits per heavy atom. The van der Waals surface area contributed by atoms with Crippen molar-refractivity contribution in [2.75, 3.05) is 13.2 Å². The van der Waals surface area contributed by atoms with E-state index in [0.717, 1.165) is 24.3 Å². The van der Waals surface area contributed by atoms with E-state index >= 15 is 0 Å². The van der Waals surface area contributed by atoms with Crippen LogP contribution in [0, 0.1) is 5.41 Å². The molecule has 0 amide bonds. The Morgan fingerprint density at radius 1 is 1.40 bits per heavy atom. The number of benzene rings is 1. The molecule has 0 fully saturated rings. The zero-order valence-electron chi connectivity index (χ0n) is 12.3. The van der Waals surface area contributed by atoms with Gasteiger partial charge in [0, 0.05) is 18.5 Å². The van der Waals surface area contributed by atoms with Crippen LogP contribution in [-0.4, -0.2) is 19.1 Å². The van der Waals surface area contributed by atoms with Gasteiger partial charge in [-0.3, -0.25) is 4.99 Å². The van der Waals surface area contributed by atoms with Crippen molar-refractivity contribution in [1.29, 1.82) is 0 Å². The number of fused-ring (bicyclic) bond motifs is 1. The van der Waals surface area contributed by atoms with E-state index in [2.05, 4.69) is 37.1 Å². The maximum absolute atomic E-state index is 5.97.